The third-order valence-corrected chi connectivity index (χ3v) is 3.64. The Morgan fingerprint density at radius 3 is 2.68 bits per heavy atom. The molecule has 19 heavy (non-hydrogen) atoms. The number of carboxylic acids is 1. The molecule has 1 aliphatic rings. The van der Waals surface area contributed by atoms with Crippen molar-refractivity contribution in [2.24, 2.45) is 11.8 Å². The van der Waals surface area contributed by atoms with Crippen LogP contribution in [0.25, 0.3) is 0 Å². The second kappa shape index (κ2) is 5.38. The van der Waals surface area contributed by atoms with Crippen molar-refractivity contribution in [2.45, 2.75) is 26.2 Å². The van der Waals surface area contributed by atoms with Gasteiger partial charge in [0, 0.05) is 12.1 Å². The van der Waals surface area contributed by atoms with Crippen molar-refractivity contribution in [3.05, 3.63) is 29.6 Å². The number of carbonyl (C=O) groups excluding carboxylic acids is 1. The molecule has 2 atom stereocenters. The Bertz CT molecular complexity index is 515. The fourth-order valence-corrected chi connectivity index (χ4v) is 2.26. The molecule has 0 aliphatic heterocycles. The lowest BCUT2D eigenvalue weighted by Gasteiger charge is -2.32. The van der Waals surface area contributed by atoms with Crippen molar-refractivity contribution in [3.63, 3.8) is 0 Å². The van der Waals surface area contributed by atoms with Crippen molar-refractivity contribution in [1.29, 1.82) is 0 Å². The number of aliphatic carboxylic acids is 1. The quantitative estimate of drug-likeness (QED) is 0.879. The SMILES string of the molecule is Cc1ccc(NC(=O)C[C@@H]2CC[C@H]2C(=O)O)cc1F. The summed E-state index contributed by atoms with van der Waals surface area (Å²) in [6, 6.07) is 4.49. The molecule has 1 aliphatic carbocycles. The fraction of sp³-hybridized carbons (Fsp3) is 0.429. The number of halogens is 1. The Morgan fingerprint density at radius 2 is 2.16 bits per heavy atom. The normalized spacial score (nSPS) is 21.6. The molecule has 1 saturated carbocycles. The average molecular weight is 265 g/mol. The highest BCUT2D eigenvalue weighted by molar-refractivity contribution is 5.91. The summed E-state index contributed by atoms with van der Waals surface area (Å²) in [6.07, 6.45) is 1.56. The molecule has 0 spiro atoms. The van der Waals surface area contributed by atoms with Crippen LogP contribution in [0.15, 0.2) is 18.2 Å². The van der Waals surface area contributed by atoms with E-state index in [-0.39, 0.29) is 24.1 Å². The predicted octanol–water partition coefficient (Wildman–Crippen LogP) is 2.57. The molecule has 1 aromatic carbocycles. The predicted molar refractivity (Wildman–Crippen MR) is 68.2 cm³/mol. The number of amides is 1. The van der Waals surface area contributed by atoms with Gasteiger partial charge in [0.1, 0.15) is 5.82 Å². The van der Waals surface area contributed by atoms with E-state index in [1.165, 1.54) is 6.07 Å². The lowest BCUT2D eigenvalue weighted by Crippen LogP contribution is -2.35. The van der Waals surface area contributed by atoms with Crippen LogP contribution in [0.3, 0.4) is 0 Å². The Labute approximate surface area is 110 Å². The van der Waals surface area contributed by atoms with E-state index in [2.05, 4.69) is 5.32 Å². The van der Waals surface area contributed by atoms with E-state index in [4.69, 9.17) is 5.11 Å². The molecule has 0 bridgehead atoms. The Balaban J connectivity index is 1.91. The molecule has 4 nitrogen and oxygen atoms in total. The van der Waals surface area contributed by atoms with Crippen LogP contribution in [0.2, 0.25) is 0 Å². The first-order chi connectivity index (χ1) is 8.97. The van der Waals surface area contributed by atoms with Crippen molar-refractivity contribution in [3.8, 4) is 0 Å². The molecule has 102 valence electrons. The minimum atomic E-state index is -0.842. The third kappa shape index (κ3) is 3.10. The zero-order valence-corrected chi connectivity index (χ0v) is 10.6. The van der Waals surface area contributed by atoms with E-state index >= 15 is 0 Å². The van der Waals surface area contributed by atoms with E-state index in [0.717, 1.165) is 6.42 Å². The molecule has 1 amide bonds. The van der Waals surface area contributed by atoms with Crippen LogP contribution in [-0.2, 0) is 9.59 Å². The molecule has 0 saturated heterocycles. The maximum absolute atomic E-state index is 13.3. The molecule has 0 radical (unpaired) electrons. The molecule has 1 fully saturated rings. The van der Waals surface area contributed by atoms with Gasteiger partial charge in [-0.05, 0) is 43.4 Å². The average Bonchev–Trinajstić information content (AvgIpc) is 2.29. The smallest absolute Gasteiger partial charge is 0.306 e. The van der Waals surface area contributed by atoms with Gasteiger partial charge in [-0.2, -0.15) is 0 Å². The highest BCUT2D eigenvalue weighted by atomic mass is 19.1. The molecular weight excluding hydrogens is 249 g/mol. The highest BCUT2D eigenvalue weighted by Gasteiger charge is 2.37. The number of hydrogen-bond donors (Lipinski definition) is 2. The van der Waals surface area contributed by atoms with Gasteiger partial charge in [0.25, 0.3) is 0 Å². The molecular formula is C14H16FNO3. The van der Waals surface area contributed by atoms with E-state index in [1.807, 2.05) is 0 Å². The van der Waals surface area contributed by atoms with Crippen LogP contribution >= 0.6 is 0 Å². The first kappa shape index (κ1) is 13.5. The molecule has 2 rings (SSSR count). The number of rotatable bonds is 4. The van der Waals surface area contributed by atoms with Crippen LogP contribution in [0.1, 0.15) is 24.8 Å². The summed E-state index contributed by atoms with van der Waals surface area (Å²) >= 11 is 0. The number of hydrogen-bond acceptors (Lipinski definition) is 2. The molecule has 5 heteroatoms. The second-order valence-corrected chi connectivity index (χ2v) is 5.00. The van der Waals surface area contributed by atoms with Gasteiger partial charge in [-0.1, -0.05) is 6.07 Å². The number of carboxylic acid groups (broad SMARTS) is 1. The van der Waals surface area contributed by atoms with Gasteiger partial charge in [-0.15, -0.1) is 0 Å². The fourth-order valence-electron chi connectivity index (χ4n) is 2.26. The lowest BCUT2D eigenvalue weighted by atomic mass is 9.72. The van der Waals surface area contributed by atoms with Gasteiger partial charge < -0.3 is 10.4 Å². The van der Waals surface area contributed by atoms with Gasteiger partial charge in [-0.3, -0.25) is 9.59 Å². The van der Waals surface area contributed by atoms with Crippen molar-refractivity contribution < 1.29 is 19.1 Å². The Kier molecular flexibility index (Phi) is 3.83. The van der Waals surface area contributed by atoms with E-state index < -0.39 is 11.9 Å². The van der Waals surface area contributed by atoms with Crippen LogP contribution in [0.4, 0.5) is 10.1 Å². The Hall–Kier alpha value is -1.91. The van der Waals surface area contributed by atoms with Crippen LogP contribution in [0.5, 0.6) is 0 Å². The summed E-state index contributed by atoms with van der Waals surface area (Å²) < 4.78 is 13.3. The summed E-state index contributed by atoms with van der Waals surface area (Å²) in [5, 5.41) is 11.5. The largest absolute Gasteiger partial charge is 0.481 e. The number of benzene rings is 1. The summed E-state index contributed by atoms with van der Waals surface area (Å²) in [5.41, 5.74) is 0.919. The van der Waals surface area contributed by atoms with Crippen LogP contribution in [-0.4, -0.2) is 17.0 Å². The maximum atomic E-state index is 13.3. The van der Waals surface area contributed by atoms with Gasteiger partial charge in [-0.25, -0.2) is 4.39 Å². The molecule has 2 N–H and O–H groups in total. The molecule has 0 unspecified atom stereocenters. The number of carbonyl (C=O) groups is 2. The standard InChI is InChI=1S/C14H16FNO3/c1-8-2-4-10(7-12(8)15)16-13(17)6-9-3-5-11(9)14(18)19/h2,4,7,9,11H,3,5-6H2,1H3,(H,16,17)(H,18,19)/t9-,11+/m0/s1. The molecule has 0 aromatic heterocycles. The Morgan fingerprint density at radius 1 is 1.42 bits per heavy atom. The minimum Gasteiger partial charge on any atom is -0.481 e. The van der Waals surface area contributed by atoms with Gasteiger partial charge in [0.05, 0.1) is 5.92 Å². The van der Waals surface area contributed by atoms with Gasteiger partial charge in [0.2, 0.25) is 5.91 Å². The van der Waals surface area contributed by atoms with Crippen molar-refractivity contribution in [1.82, 2.24) is 0 Å². The summed E-state index contributed by atoms with van der Waals surface area (Å²) in [4.78, 5) is 22.6. The van der Waals surface area contributed by atoms with E-state index in [9.17, 15) is 14.0 Å². The number of aryl methyl sites for hydroxylation is 1. The second-order valence-electron chi connectivity index (χ2n) is 5.00. The highest BCUT2D eigenvalue weighted by Crippen LogP contribution is 2.37. The lowest BCUT2D eigenvalue weighted by molar-refractivity contribution is -0.148. The van der Waals surface area contributed by atoms with Crippen molar-refractivity contribution >= 4 is 17.6 Å². The van der Waals surface area contributed by atoms with Gasteiger partial charge in [0.15, 0.2) is 0 Å². The zero-order valence-electron chi connectivity index (χ0n) is 10.6. The number of nitrogens with one attached hydrogen (secondary N) is 1. The first-order valence-electron chi connectivity index (χ1n) is 6.26. The van der Waals surface area contributed by atoms with Crippen LogP contribution < -0.4 is 5.32 Å². The summed E-state index contributed by atoms with van der Waals surface area (Å²) in [7, 11) is 0. The third-order valence-electron chi connectivity index (χ3n) is 3.64. The molecule has 1 aromatic rings. The summed E-state index contributed by atoms with van der Waals surface area (Å²) in [5.74, 6) is -2.00. The van der Waals surface area contributed by atoms with E-state index in [1.54, 1.807) is 19.1 Å². The maximum Gasteiger partial charge on any atom is 0.306 e. The summed E-state index contributed by atoms with van der Waals surface area (Å²) in [6.45, 7) is 1.65. The van der Waals surface area contributed by atoms with Gasteiger partial charge >= 0.3 is 5.97 Å². The van der Waals surface area contributed by atoms with Crippen LogP contribution in [0, 0.1) is 24.6 Å². The van der Waals surface area contributed by atoms with E-state index in [0.29, 0.717) is 17.7 Å². The topological polar surface area (TPSA) is 66.4 Å². The monoisotopic (exact) mass is 265 g/mol. The molecule has 0 heterocycles. The minimum absolute atomic E-state index is 0.104. The number of anilines is 1. The first-order valence-corrected chi connectivity index (χ1v) is 6.26. The zero-order chi connectivity index (χ0) is 14.0. The van der Waals surface area contributed by atoms with Crippen molar-refractivity contribution in [2.75, 3.05) is 5.32 Å².